The molecular formula is C24H23ClN2. The third-order valence-electron chi connectivity index (χ3n) is 5.05. The largest absolute Gasteiger partial charge is 0.374 e. The fraction of sp³-hybridized carbons (Fsp3) is 0.167. The number of benzene rings is 2. The van der Waals surface area contributed by atoms with Gasteiger partial charge in [0.25, 0.3) is 0 Å². The minimum absolute atomic E-state index is 0.0423. The Balaban J connectivity index is 1.79. The second-order valence-corrected chi connectivity index (χ2v) is 7.48. The van der Waals surface area contributed by atoms with Gasteiger partial charge in [0.05, 0.1) is 6.04 Å². The molecule has 136 valence electrons. The number of anilines is 1. The first kappa shape index (κ1) is 17.7. The van der Waals surface area contributed by atoms with Crippen molar-refractivity contribution in [3.05, 3.63) is 94.6 Å². The monoisotopic (exact) mass is 374 g/mol. The molecule has 1 heterocycles. The molecule has 3 aromatic rings. The van der Waals surface area contributed by atoms with Crippen LogP contribution in [-0.4, -0.2) is 4.98 Å². The molecule has 1 aromatic heterocycles. The SMILES string of the molecule is C=C(c1c[nH]c2c1=C(Cl)CCC=2)C(Nc1cccc(C)c1)c1ccccc1. The van der Waals surface area contributed by atoms with E-state index in [9.17, 15) is 0 Å². The molecule has 0 fully saturated rings. The molecule has 0 spiro atoms. The number of fused-ring (bicyclic) bond motifs is 1. The highest BCUT2D eigenvalue weighted by Crippen LogP contribution is 2.31. The summed E-state index contributed by atoms with van der Waals surface area (Å²) in [6, 6.07) is 18.8. The predicted octanol–water partition coefficient (Wildman–Crippen LogP) is 5.11. The van der Waals surface area contributed by atoms with Crippen molar-refractivity contribution in [3.63, 3.8) is 0 Å². The van der Waals surface area contributed by atoms with Crippen LogP contribution in [0.2, 0.25) is 0 Å². The Morgan fingerprint density at radius 3 is 2.74 bits per heavy atom. The van der Waals surface area contributed by atoms with Crippen molar-refractivity contribution in [1.29, 1.82) is 0 Å². The van der Waals surface area contributed by atoms with Crippen LogP contribution in [0.15, 0.2) is 67.4 Å². The fourth-order valence-corrected chi connectivity index (χ4v) is 4.00. The van der Waals surface area contributed by atoms with Crippen LogP contribution >= 0.6 is 11.6 Å². The molecule has 3 heteroatoms. The Labute approximate surface area is 164 Å². The summed E-state index contributed by atoms with van der Waals surface area (Å²) in [4.78, 5) is 3.37. The van der Waals surface area contributed by atoms with E-state index in [-0.39, 0.29) is 6.04 Å². The Bertz CT molecular complexity index is 1090. The fourth-order valence-electron chi connectivity index (χ4n) is 3.69. The Morgan fingerprint density at radius 2 is 1.96 bits per heavy atom. The van der Waals surface area contributed by atoms with Gasteiger partial charge in [-0.05, 0) is 48.6 Å². The standard InChI is InChI=1S/C24H23ClN2/c1-16-8-6-11-19(14-16)27-24(18-9-4-3-5-10-18)17(2)20-15-26-22-13-7-12-21(25)23(20)22/h3-6,8-11,13-15,24,26-27H,2,7,12H2,1H3. The minimum atomic E-state index is -0.0423. The molecule has 0 radical (unpaired) electrons. The molecule has 27 heavy (non-hydrogen) atoms. The van der Waals surface area contributed by atoms with E-state index in [1.807, 2.05) is 12.3 Å². The van der Waals surface area contributed by atoms with Gasteiger partial charge in [-0.2, -0.15) is 0 Å². The third kappa shape index (κ3) is 3.58. The molecule has 2 nitrogen and oxygen atoms in total. The lowest BCUT2D eigenvalue weighted by Gasteiger charge is -2.23. The molecule has 0 saturated carbocycles. The summed E-state index contributed by atoms with van der Waals surface area (Å²) in [5.41, 5.74) is 5.57. The summed E-state index contributed by atoms with van der Waals surface area (Å²) in [7, 11) is 0. The highest BCUT2D eigenvalue weighted by molar-refractivity contribution is 6.45. The zero-order valence-corrected chi connectivity index (χ0v) is 16.2. The number of aromatic nitrogens is 1. The van der Waals surface area contributed by atoms with E-state index < -0.39 is 0 Å². The van der Waals surface area contributed by atoms with Gasteiger partial charge in [-0.25, -0.2) is 0 Å². The lowest BCUT2D eigenvalue weighted by Crippen LogP contribution is -2.29. The molecule has 1 atom stereocenters. The molecule has 2 aromatic carbocycles. The second kappa shape index (κ2) is 7.50. The summed E-state index contributed by atoms with van der Waals surface area (Å²) >= 11 is 6.58. The average Bonchev–Trinajstić information content (AvgIpc) is 3.12. The quantitative estimate of drug-likeness (QED) is 0.638. The Hall–Kier alpha value is -2.71. The van der Waals surface area contributed by atoms with Gasteiger partial charge >= 0.3 is 0 Å². The van der Waals surface area contributed by atoms with Gasteiger partial charge in [-0.15, -0.1) is 0 Å². The number of hydrogen-bond acceptors (Lipinski definition) is 1. The topological polar surface area (TPSA) is 27.8 Å². The van der Waals surface area contributed by atoms with Crippen molar-refractivity contribution in [2.24, 2.45) is 0 Å². The van der Waals surface area contributed by atoms with Crippen LogP contribution in [0.25, 0.3) is 16.7 Å². The summed E-state index contributed by atoms with van der Waals surface area (Å²) in [5.74, 6) is 0. The molecule has 0 amide bonds. The van der Waals surface area contributed by atoms with Gasteiger partial charge in [0, 0.05) is 33.0 Å². The van der Waals surface area contributed by atoms with E-state index in [2.05, 4.69) is 78.4 Å². The van der Waals surface area contributed by atoms with Crippen LogP contribution in [0.4, 0.5) is 5.69 Å². The summed E-state index contributed by atoms with van der Waals surface area (Å²) in [6.07, 6.45) is 6.10. The zero-order valence-electron chi connectivity index (χ0n) is 15.4. The van der Waals surface area contributed by atoms with Crippen molar-refractivity contribution in [2.45, 2.75) is 25.8 Å². The van der Waals surface area contributed by atoms with Crippen LogP contribution in [0.5, 0.6) is 0 Å². The third-order valence-corrected chi connectivity index (χ3v) is 5.43. The normalized spacial score (nSPS) is 14.2. The van der Waals surface area contributed by atoms with E-state index in [1.54, 1.807) is 0 Å². The first-order valence-electron chi connectivity index (χ1n) is 9.27. The molecule has 4 rings (SSSR count). The highest BCUT2D eigenvalue weighted by Gasteiger charge is 2.20. The number of hydrogen-bond donors (Lipinski definition) is 2. The molecule has 0 saturated heterocycles. The number of H-pyrrole nitrogens is 1. The van der Waals surface area contributed by atoms with Crippen molar-refractivity contribution < 1.29 is 0 Å². The van der Waals surface area contributed by atoms with Gasteiger partial charge in [0.2, 0.25) is 0 Å². The molecule has 1 aliphatic carbocycles. The van der Waals surface area contributed by atoms with Crippen LogP contribution in [-0.2, 0) is 0 Å². The van der Waals surface area contributed by atoms with Crippen molar-refractivity contribution >= 4 is 34.0 Å². The summed E-state index contributed by atoms with van der Waals surface area (Å²) < 4.78 is 0. The number of aryl methyl sites for hydroxylation is 1. The highest BCUT2D eigenvalue weighted by atomic mass is 35.5. The predicted molar refractivity (Wildman–Crippen MR) is 116 cm³/mol. The van der Waals surface area contributed by atoms with Crippen LogP contribution in [0, 0.1) is 6.92 Å². The van der Waals surface area contributed by atoms with Crippen molar-refractivity contribution in [3.8, 4) is 0 Å². The maximum atomic E-state index is 6.58. The lowest BCUT2D eigenvalue weighted by atomic mass is 9.93. The second-order valence-electron chi connectivity index (χ2n) is 7.02. The van der Waals surface area contributed by atoms with Crippen molar-refractivity contribution in [2.75, 3.05) is 5.32 Å². The lowest BCUT2D eigenvalue weighted by molar-refractivity contribution is 1.00. The minimum Gasteiger partial charge on any atom is -0.374 e. The van der Waals surface area contributed by atoms with Crippen LogP contribution in [0.1, 0.15) is 35.6 Å². The van der Waals surface area contributed by atoms with Gasteiger partial charge in [-0.3, -0.25) is 0 Å². The number of rotatable bonds is 5. The first-order valence-corrected chi connectivity index (χ1v) is 9.65. The van der Waals surface area contributed by atoms with Crippen molar-refractivity contribution in [1.82, 2.24) is 4.98 Å². The van der Waals surface area contributed by atoms with E-state index in [1.165, 1.54) is 11.1 Å². The van der Waals surface area contributed by atoms with Crippen LogP contribution in [0.3, 0.4) is 0 Å². The molecule has 1 aliphatic rings. The number of halogens is 1. The van der Waals surface area contributed by atoms with E-state index in [0.29, 0.717) is 0 Å². The molecule has 0 bridgehead atoms. The average molecular weight is 375 g/mol. The summed E-state index contributed by atoms with van der Waals surface area (Å²) in [5, 5.41) is 6.78. The molecule has 1 unspecified atom stereocenters. The van der Waals surface area contributed by atoms with Gasteiger partial charge in [0.15, 0.2) is 0 Å². The van der Waals surface area contributed by atoms with E-state index >= 15 is 0 Å². The van der Waals surface area contributed by atoms with Gasteiger partial charge < -0.3 is 10.3 Å². The maximum Gasteiger partial charge on any atom is 0.0768 e. The molecule has 0 aliphatic heterocycles. The van der Waals surface area contributed by atoms with E-state index in [0.717, 1.165) is 45.3 Å². The van der Waals surface area contributed by atoms with Gasteiger partial charge in [-0.1, -0.05) is 66.7 Å². The number of nitrogens with one attached hydrogen (secondary N) is 2. The van der Waals surface area contributed by atoms with E-state index in [4.69, 9.17) is 11.6 Å². The Morgan fingerprint density at radius 1 is 1.15 bits per heavy atom. The number of aromatic amines is 1. The first-order chi connectivity index (χ1) is 13.1. The smallest absolute Gasteiger partial charge is 0.0768 e. The van der Waals surface area contributed by atoms with Crippen LogP contribution < -0.4 is 15.9 Å². The maximum absolute atomic E-state index is 6.58. The zero-order chi connectivity index (χ0) is 18.8. The summed E-state index contributed by atoms with van der Waals surface area (Å²) in [6.45, 7) is 6.57. The Kier molecular flexibility index (Phi) is 4.91. The molecule has 2 N–H and O–H groups in total. The molecular weight excluding hydrogens is 352 g/mol. The van der Waals surface area contributed by atoms with Gasteiger partial charge in [0.1, 0.15) is 0 Å².